The SMILES string of the molecule is FC(F)(F)c1ccc(-c2nncc3c2CCN(Cc2ccccc2)C3)c(C(F)(F)F)c1. The van der Waals surface area contributed by atoms with E-state index in [1.807, 2.05) is 30.3 Å². The van der Waals surface area contributed by atoms with Gasteiger partial charge in [-0.2, -0.15) is 36.5 Å². The molecule has 1 aromatic heterocycles. The smallest absolute Gasteiger partial charge is 0.294 e. The highest BCUT2D eigenvalue weighted by Crippen LogP contribution is 2.41. The Kier molecular flexibility index (Phi) is 5.47. The summed E-state index contributed by atoms with van der Waals surface area (Å²) in [6.45, 7) is 1.73. The van der Waals surface area contributed by atoms with Crippen LogP contribution in [0, 0.1) is 0 Å². The highest BCUT2D eigenvalue weighted by Gasteiger charge is 2.39. The van der Waals surface area contributed by atoms with E-state index >= 15 is 0 Å². The van der Waals surface area contributed by atoms with Crippen LogP contribution in [0.2, 0.25) is 0 Å². The molecule has 3 nitrogen and oxygen atoms in total. The first kappa shape index (κ1) is 21.3. The zero-order valence-corrected chi connectivity index (χ0v) is 16.1. The Bertz CT molecular complexity index is 1080. The number of fused-ring (bicyclic) bond motifs is 1. The fourth-order valence-electron chi connectivity index (χ4n) is 3.81. The third kappa shape index (κ3) is 4.56. The standard InChI is InChI=1S/C22H17F6N3/c23-21(24,25)16-6-7-18(19(10-16)22(26,27)28)20-17-8-9-31(13-15(17)11-29-30-20)12-14-4-2-1-3-5-14/h1-7,10-11H,8-9,12-13H2. The Hall–Kier alpha value is -2.94. The van der Waals surface area contributed by atoms with Gasteiger partial charge in [-0.15, -0.1) is 0 Å². The molecule has 3 aromatic rings. The van der Waals surface area contributed by atoms with E-state index in [9.17, 15) is 26.3 Å². The Labute approximate surface area is 174 Å². The maximum atomic E-state index is 13.6. The molecule has 0 atom stereocenters. The summed E-state index contributed by atoms with van der Waals surface area (Å²) >= 11 is 0. The molecule has 0 unspecified atom stereocenters. The second-order valence-electron chi connectivity index (χ2n) is 7.40. The normalized spacial score (nSPS) is 15.0. The van der Waals surface area contributed by atoms with Gasteiger partial charge in [-0.1, -0.05) is 36.4 Å². The van der Waals surface area contributed by atoms with Crippen LogP contribution < -0.4 is 0 Å². The fourth-order valence-corrected chi connectivity index (χ4v) is 3.81. The van der Waals surface area contributed by atoms with Crippen molar-refractivity contribution in [3.8, 4) is 11.3 Å². The van der Waals surface area contributed by atoms with E-state index in [1.54, 1.807) is 0 Å². The second-order valence-corrected chi connectivity index (χ2v) is 7.40. The van der Waals surface area contributed by atoms with E-state index in [4.69, 9.17) is 0 Å². The van der Waals surface area contributed by atoms with Crippen molar-refractivity contribution < 1.29 is 26.3 Å². The lowest BCUT2D eigenvalue weighted by Gasteiger charge is -2.29. The van der Waals surface area contributed by atoms with Crippen molar-refractivity contribution in [2.45, 2.75) is 31.9 Å². The molecule has 0 spiro atoms. The van der Waals surface area contributed by atoms with Gasteiger partial charge in [-0.3, -0.25) is 4.90 Å². The van der Waals surface area contributed by atoms with E-state index in [-0.39, 0.29) is 17.3 Å². The first-order valence-corrected chi connectivity index (χ1v) is 9.51. The van der Waals surface area contributed by atoms with Crippen LogP contribution in [0.25, 0.3) is 11.3 Å². The van der Waals surface area contributed by atoms with Crippen molar-refractivity contribution in [2.24, 2.45) is 0 Å². The van der Waals surface area contributed by atoms with E-state index < -0.39 is 23.5 Å². The molecule has 0 amide bonds. The highest BCUT2D eigenvalue weighted by molar-refractivity contribution is 5.69. The number of aromatic nitrogens is 2. The predicted molar refractivity (Wildman–Crippen MR) is 102 cm³/mol. The number of hydrogen-bond donors (Lipinski definition) is 0. The number of hydrogen-bond acceptors (Lipinski definition) is 3. The number of benzene rings is 2. The minimum atomic E-state index is -4.96. The van der Waals surface area contributed by atoms with Crippen LogP contribution in [0.1, 0.15) is 27.8 Å². The van der Waals surface area contributed by atoms with Gasteiger partial charge < -0.3 is 0 Å². The van der Waals surface area contributed by atoms with Gasteiger partial charge in [0.1, 0.15) is 0 Å². The zero-order chi connectivity index (χ0) is 22.2. The lowest BCUT2D eigenvalue weighted by Crippen LogP contribution is -2.31. The quantitative estimate of drug-likeness (QED) is 0.490. The Balaban J connectivity index is 1.71. The number of rotatable bonds is 3. The van der Waals surface area contributed by atoms with E-state index in [2.05, 4.69) is 15.1 Å². The Morgan fingerprint density at radius 1 is 0.903 bits per heavy atom. The van der Waals surface area contributed by atoms with Crippen molar-refractivity contribution in [3.05, 3.63) is 82.5 Å². The van der Waals surface area contributed by atoms with Crippen LogP contribution in [0.15, 0.2) is 54.7 Å². The molecule has 2 heterocycles. The predicted octanol–water partition coefficient (Wildman–Crippen LogP) is 5.74. The largest absolute Gasteiger partial charge is 0.417 e. The van der Waals surface area contributed by atoms with Gasteiger partial charge in [0.15, 0.2) is 0 Å². The van der Waals surface area contributed by atoms with Gasteiger partial charge in [-0.05, 0) is 35.2 Å². The fraction of sp³-hybridized carbons (Fsp3) is 0.273. The van der Waals surface area contributed by atoms with Crippen LogP contribution >= 0.6 is 0 Å². The van der Waals surface area contributed by atoms with Crippen LogP contribution in [0.4, 0.5) is 26.3 Å². The second kappa shape index (κ2) is 7.96. The van der Waals surface area contributed by atoms with Crippen molar-refractivity contribution in [3.63, 3.8) is 0 Å². The summed E-state index contributed by atoms with van der Waals surface area (Å²) in [6, 6.07) is 11.4. The zero-order valence-electron chi connectivity index (χ0n) is 16.1. The summed E-state index contributed by atoms with van der Waals surface area (Å²) < 4.78 is 79.8. The minimum Gasteiger partial charge on any atom is -0.294 e. The third-order valence-corrected chi connectivity index (χ3v) is 5.27. The van der Waals surface area contributed by atoms with Gasteiger partial charge in [0.2, 0.25) is 0 Å². The molecular weight excluding hydrogens is 420 g/mol. The molecule has 0 radical (unpaired) electrons. The summed E-state index contributed by atoms with van der Waals surface area (Å²) in [5.74, 6) is 0. The summed E-state index contributed by atoms with van der Waals surface area (Å²) in [4.78, 5) is 2.14. The van der Waals surface area contributed by atoms with Crippen LogP contribution in [-0.2, 0) is 31.9 Å². The molecule has 2 aromatic carbocycles. The van der Waals surface area contributed by atoms with E-state index in [0.717, 1.165) is 17.2 Å². The topological polar surface area (TPSA) is 29.0 Å². The molecule has 0 saturated heterocycles. The molecule has 1 aliphatic heterocycles. The van der Waals surface area contributed by atoms with Crippen molar-refractivity contribution in [1.82, 2.24) is 15.1 Å². The molecule has 1 aliphatic rings. The molecular formula is C22H17F6N3. The van der Waals surface area contributed by atoms with Crippen molar-refractivity contribution in [1.29, 1.82) is 0 Å². The summed E-state index contributed by atoms with van der Waals surface area (Å²) in [6.07, 6.45) is -7.91. The lowest BCUT2D eigenvalue weighted by molar-refractivity contribution is -0.142. The first-order chi connectivity index (χ1) is 14.6. The summed E-state index contributed by atoms with van der Waals surface area (Å²) in [7, 11) is 0. The number of nitrogens with zero attached hydrogens (tertiary/aromatic N) is 3. The van der Waals surface area contributed by atoms with Gasteiger partial charge in [0.05, 0.1) is 23.0 Å². The molecule has 31 heavy (non-hydrogen) atoms. The number of halogens is 6. The lowest BCUT2D eigenvalue weighted by atomic mass is 9.92. The minimum absolute atomic E-state index is 0.0158. The average molecular weight is 437 g/mol. The third-order valence-electron chi connectivity index (χ3n) is 5.27. The van der Waals surface area contributed by atoms with Crippen LogP contribution in [-0.4, -0.2) is 21.6 Å². The molecule has 0 aliphatic carbocycles. The van der Waals surface area contributed by atoms with Crippen LogP contribution in [0.3, 0.4) is 0 Å². The van der Waals surface area contributed by atoms with Gasteiger partial charge >= 0.3 is 12.4 Å². The van der Waals surface area contributed by atoms with Gasteiger partial charge in [0, 0.05) is 25.2 Å². The van der Waals surface area contributed by atoms with Gasteiger partial charge in [-0.25, -0.2) is 0 Å². The van der Waals surface area contributed by atoms with Crippen molar-refractivity contribution >= 4 is 0 Å². The summed E-state index contributed by atoms with van der Waals surface area (Å²) in [5.41, 5.74) is -0.702. The maximum Gasteiger partial charge on any atom is 0.417 e. The van der Waals surface area contributed by atoms with Gasteiger partial charge in [0.25, 0.3) is 0 Å². The van der Waals surface area contributed by atoms with Crippen molar-refractivity contribution in [2.75, 3.05) is 6.54 Å². The molecule has 162 valence electrons. The molecule has 4 rings (SSSR count). The Morgan fingerprint density at radius 3 is 2.32 bits per heavy atom. The molecule has 0 N–H and O–H groups in total. The van der Waals surface area contributed by atoms with E-state index in [0.29, 0.717) is 37.7 Å². The molecule has 0 fully saturated rings. The molecule has 0 saturated carbocycles. The number of alkyl halides is 6. The van der Waals surface area contributed by atoms with Crippen LogP contribution in [0.5, 0.6) is 0 Å². The summed E-state index contributed by atoms with van der Waals surface area (Å²) in [5, 5.41) is 7.73. The Morgan fingerprint density at radius 2 is 1.65 bits per heavy atom. The van der Waals surface area contributed by atoms with E-state index in [1.165, 1.54) is 6.20 Å². The average Bonchev–Trinajstić information content (AvgIpc) is 2.72. The highest BCUT2D eigenvalue weighted by atomic mass is 19.4. The monoisotopic (exact) mass is 437 g/mol. The molecule has 0 bridgehead atoms. The maximum absolute atomic E-state index is 13.6. The molecule has 9 heteroatoms. The first-order valence-electron chi connectivity index (χ1n) is 9.51.